The van der Waals surface area contributed by atoms with E-state index < -0.39 is 21.5 Å². The molecule has 0 aliphatic carbocycles. The molecule has 0 atom stereocenters. The van der Waals surface area contributed by atoms with Crippen molar-refractivity contribution in [3.8, 4) is 0 Å². The van der Waals surface area contributed by atoms with Crippen molar-refractivity contribution in [3.05, 3.63) is 5.69 Å². The molecule has 0 bridgehead atoms. The highest BCUT2D eigenvalue weighted by Gasteiger charge is 2.33. The highest BCUT2D eigenvalue weighted by molar-refractivity contribution is 7.92. The highest BCUT2D eigenvalue weighted by Crippen LogP contribution is 2.28. The van der Waals surface area contributed by atoms with Crippen LogP contribution in [0.15, 0.2) is 5.03 Å². The van der Waals surface area contributed by atoms with Crippen LogP contribution in [0.4, 0.5) is 5.69 Å². The summed E-state index contributed by atoms with van der Waals surface area (Å²) in [5, 5.41) is 6.54. The number of rotatable bonds is 0. The monoisotopic (exact) mass is 215 g/mol. The van der Waals surface area contributed by atoms with Crippen molar-refractivity contribution < 1.29 is 13.2 Å². The fourth-order valence-corrected chi connectivity index (χ4v) is 3.06. The number of fused-ring (bicyclic) bond motifs is 1. The molecule has 0 fully saturated rings. The van der Waals surface area contributed by atoms with E-state index in [-0.39, 0.29) is 5.03 Å². The summed E-state index contributed by atoms with van der Waals surface area (Å²) in [5.74, 6) is -1.01. The number of aryl methyl sites for hydroxylation is 2. The molecule has 0 unspecified atom stereocenters. The van der Waals surface area contributed by atoms with Crippen LogP contribution >= 0.6 is 0 Å². The molecule has 0 saturated heterocycles. The van der Waals surface area contributed by atoms with Gasteiger partial charge < -0.3 is 5.32 Å². The lowest BCUT2D eigenvalue weighted by Gasteiger charge is -2.13. The number of hydrogen-bond donors (Lipinski definition) is 1. The van der Waals surface area contributed by atoms with Crippen molar-refractivity contribution in [2.75, 3.05) is 11.1 Å². The molecule has 1 aliphatic heterocycles. The molecule has 0 aromatic carbocycles. The third-order valence-corrected chi connectivity index (χ3v) is 3.75. The number of nitrogens with one attached hydrogen (secondary N) is 1. The SMILES string of the molecule is Cc1nn(C)c2c1NC(=O)CS2(=O)=O. The Labute approximate surface area is 80.8 Å². The van der Waals surface area contributed by atoms with Crippen LogP contribution in [0.2, 0.25) is 0 Å². The minimum Gasteiger partial charge on any atom is -0.321 e. The van der Waals surface area contributed by atoms with Gasteiger partial charge in [0.05, 0.1) is 5.69 Å². The van der Waals surface area contributed by atoms with E-state index in [1.165, 1.54) is 4.68 Å². The van der Waals surface area contributed by atoms with Crippen molar-refractivity contribution in [1.29, 1.82) is 0 Å². The molecule has 0 spiro atoms. The summed E-state index contributed by atoms with van der Waals surface area (Å²) in [6.45, 7) is 1.65. The number of carbonyl (C=O) groups excluding carboxylic acids is 1. The van der Waals surface area contributed by atoms with Gasteiger partial charge in [0.2, 0.25) is 15.7 Å². The first-order chi connectivity index (χ1) is 6.42. The van der Waals surface area contributed by atoms with Crippen LogP contribution in [0.25, 0.3) is 0 Å². The van der Waals surface area contributed by atoms with E-state index in [2.05, 4.69) is 10.4 Å². The van der Waals surface area contributed by atoms with Crippen molar-refractivity contribution >= 4 is 21.4 Å². The number of carbonyl (C=O) groups is 1. The Morgan fingerprint density at radius 2 is 2.14 bits per heavy atom. The van der Waals surface area contributed by atoms with Gasteiger partial charge in [0.15, 0.2) is 5.03 Å². The van der Waals surface area contributed by atoms with Crippen LogP contribution in [0, 0.1) is 6.92 Å². The number of anilines is 1. The molecule has 6 nitrogen and oxygen atoms in total. The maximum Gasteiger partial charge on any atom is 0.240 e. The Kier molecular flexibility index (Phi) is 1.69. The zero-order chi connectivity index (χ0) is 10.5. The summed E-state index contributed by atoms with van der Waals surface area (Å²) < 4.78 is 24.5. The van der Waals surface area contributed by atoms with Crippen molar-refractivity contribution in [3.63, 3.8) is 0 Å². The first-order valence-corrected chi connectivity index (χ1v) is 5.63. The predicted octanol–water partition coefficient (Wildman–Crippen LogP) is -0.546. The Bertz CT molecular complexity index is 515. The molecule has 2 rings (SSSR count). The fourth-order valence-electron chi connectivity index (χ4n) is 1.55. The smallest absolute Gasteiger partial charge is 0.240 e. The molecule has 0 saturated carbocycles. The van der Waals surface area contributed by atoms with E-state index >= 15 is 0 Å². The Hall–Kier alpha value is -1.37. The number of nitrogens with zero attached hydrogens (tertiary/aromatic N) is 2. The second-order valence-corrected chi connectivity index (χ2v) is 5.10. The van der Waals surface area contributed by atoms with Gasteiger partial charge in [-0.2, -0.15) is 5.10 Å². The van der Waals surface area contributed by atoms with E-state index in [0.717, 1.165) is 0 Å². The average molecular weight is 215 g/mol. The Morgan fingerprint density at radius 3 is 2.79 bits per heavy atom. The lowest BCUT2D eigenvalue weighted by molar-refractivity contribution is -0.114. The minimum atomic E-state index is -3.51. The summed E-state index contributed by atoms with van der Waals surface area (Å²) >= 11 is 0. The number of amides is 1. The minimum absolute atomic E-state index is 0.0922. The van der Waals surface area contributed by atoms with E-state index in [1.54, 1.807) is 14.0 Å². The van der Waals surface area contributed by atoms with Gasteiger partial charge in [-0.1, -0.05) is 0 Å². The van der Waals surface area contributed by atoms with Gasteiger partial charge in [-0.3, -0.25) is 9.48 Å². The summed E-state index contributed by atoms with van der Waals surface area (Å²) in [6, 6.07) is 0. The normalized spacial score (nSPS) is 18.9. The molecule has 1 aliphatic rings. The molecule has 1 aromatic heterocycles. The average Bonchev–Trinajstić information content (AvgIpc) is 2.25. The van der Waals surface area contributed by atoms with Crippen LogP contribution < -0.4 is 5.32 Å². The number of aromatic nitrogens is 2. The number of hydrogen-bond acceptors (Lipinski definition) is 4. The first-order valence-electron chi connectivity index (χ1n) is 3.98. The molecule has 1 aromatic rings. The Balaban J connectivity index is 2.79. The number of sulfone groups is 1. The van der Waals surface area contributed by atoms with E-state index in [9.17, 15) is 13.2 Å². The highest BCUT2D eigenvalue weighted by atomic mass is 32.2. The quantitative estimate of drug-likeness (QED) is 0.630. The van der Waals surface area contributed by atoms with Gasteiger partial charge in [-0.25, -0.2) is 8.42 Å². The fraction of sp³-hybridized carbons (Fsp3) is 0.429. The largest absolute Gasteiger partial charge is 0.321 e. The second kappa shape index (κ2) is 2.57. The van der Waals surface area contributed by atoms with Gasteiger partial charge in [0.25, 0.3) is 0 Å². The second-order valence-electron chi connectivity index (χ2n) is 3.20. The molecule has 7 heteroatoms. The predicted molar refractivity (Wildman–Crippen MR) is 48.6 cm³/mol. The van der Waals surface area contributed by atoms with Gasteiger partial charge in [-0.15, -0.1) is 0 Å². The van der Waals surface area contributed by atoms with Crippen LogP contribution in [-0.2, 0) is 21.7 Å². The maximum atomic E-state index is 11.6. The molecule has 2 heterocycles. The topological polar surface area (TPSA) is 81.1 Å². The van der Waals surface area contributed by atoms with E-state index in [1.807, 2.05) is 0 Å². The van der Waals surface area contributed by atoms with Gasteiger partial charge in [-0.05, 0) is 6.92 Å². The van der Waals surface area contributed by atoms with Gasteiger partial charge in [0, 0.05) is 7.05 Å². The van der Waals surface area contributed by atoms with E-state index in [0.29, 0.717) is 11.4 Å². The third-order valence-electron chi connectivity index (χ3n) is 2.05. The lowest BCUT2D eigenvalue weighted by atomic mass is 10.4. The summed E-state index contributed by atoms with van der Waals surface area (Å²) in [7, 11) is -1.97. The van der Waals surface area contributed by atoms with Crippen LogP contribution in [0.5, 0.6) is 0 Å². The molecule has 0 radical (unpaired) electrons. The molecule has 1 amide bonds. The molecule has 76 valence electrons. The molecular weight excluding hydrogens is 206 g/mol. The maximum absolute atomic E-state index is 11.6. The lowest BCUT2D eigenvalue weighted by Crippen LogP contribution is -2.30. The molecule has 14 heavy (non-hydrogen) atoms. The van der Waals surface area contributed by atoms with E-state index in [4.69, 9.17) is 0 Å². The summed E-state index contributed by atoms with van der Waals surface area (Å²) in [4.78, 5) is 11.1. The summed E-state index contributed by atoms with van der Waals surface area (Å²) in [5.41, 5.74) is 0.822. The van der Waals surface area contributed by atoms with Gasteiger partial charge >= 0.3 is 0 Å². The van der Waals surface area contributed by atoms with Crippen molar-refractivity contribution in [2.24, 2.45) is 7.05 Å². The third kappa shape index (κ3) is 1.12. The van der Waals surface area contributed by atoms with Crippen molar-refractivity contribution in [1.82, 2.24) is 9.78 Å². The molecule has 1 N–H and O–H groups in total. The zero-order valence-corrected chi connectivity index (χ0v) is 8.55. The standard InChI is InChI=1S/C7H9N3O3S/c1-4-6-7(10(2)9-4)14(12,13)3-5(11)8-6/h3H2,1-2H3,(H,8,11). The first kappa shape index (κ1) is 9.20. The zero-order valence-electron chi connectivity index (χ0n) is 7.73. The van der Waals surface area contributed by atoms with Crippen LogP contribution in [0.3, 0.4) is 0 Å². The van der Waals surface area contributed by atoms with Crippen LogP contribution in [-0.4, -0.2) is 29.9 Å². The van der Waals surface area contributed by atoms with Crippen molar-refractivity contribution in [2.45, 2.75) is 11.9 Å². The Morgan fingerprint density at radius 1 is 1.50 bits per heavy atom. The molecular formula is C7H9N3O3S. The van der Waals surface area contributed by atoms with Crippen LogP contribution in [0.1, 0.15) is 5.69 Å². The summed E-state index contributed by atoms with van der Waals surface area (Å²) in [6.07, 6.45) is 0. The van der Waals surface area contributed by atoms with Gasteiger partial charge in [0.1, 0.15) is 11.4 Å².